The lowest BCUT2D eigenvalue weighted by atomic mass is 10.1. The first-order chi connectivity index (χ1) is 11.5. The topological polar surface area (TPSA) is 108 Å². The fourth-order valence-electron chi connectivity index (χ4n) is 2.00. The van der Waals surface area contributed by atoms with Gasteiger partial charge in [0.1, 0.15) is 11.5 Å². The summed E-state index contributed by atoms with van der Waals surface area (Å²) in [6, 6.07) is 9.98. The number of urea groups is 1. The van der Waals surface area contributed by atoms with Gasteiger partial charge in [0.25, 0.3) is 0 Å². The molecule has 2 aromatic carbocycles. The Morgan fingerprint density at radius 2 is 1.67 bits per heavy atom. The third kappa shape index (κ3) is 4.91. The summed E-state index contributed by atoms with van der Waals surface area (Å²) in [5.74, 6) is -0.696. The predicted octanol–water partition coefficient (Wildman–Crippen LogP) is 2.60. The number of anilines is 1. The molecule has 2 aromatic rings. The minimum absolute atomic E-state index is 0.153. The lowest BCUT2D eigenvalue weighted by Gasteiger charge is -2.09. The molecule has 0 bridgehead atoms. The zero-order valence-corrected chi connectivity index (χ0v) is 13.1. The van der Waals surface area contributed by atoms with Gasteiger partial charge in [-0.15, -0.1) is 0 Å². The third-order valence-corrected chi connectivity index (χ3v) is 3.08. The fourth-order valence-corrected chi connectivity index (χ4v) is 2.00. The Hall–Kier alpha value is -3.22. The van der Waals surface area contributed by atoms with E-state index in [2.05, 4.69) is 10.6 Å². The monoisotopic (exact) mass is 330 g/mol. The first-order valence-corrected chi connectivity index (χ1v) is 7.32. The van der Waals surface area contributed by atoms with Crippen LogP contribution >= 0.6 is 0 Å². The Morgan fingerprint density at radius 1 is 1.04 bits per heavy atom. The van der Waals surface area contributed by atoms with Gasteiger partial charge in [-0.1, -0.05) is 12.1 Å². The van der Waals surface area contributed by atoms with Gasteiger partial charge in [0.15, 0.2) is 0 Å². The second-order valence-corrected chi connectivity index (χ2v) is 4.96. The van der Waals surface area contributed by atoms with Crippen molar-refractivity contribution in [3.63, 3.8) is 0 Å². The molecular weight excluding hydrogens is 312 g/mol. The van der Waals surface area contributed by atoms with Gasteiger partial charge >= 0.3 is 12.0 Å². The lowest BCUT2D eigenvalue weighted by molar-refractivity contribution is 0.0526. The molecule has 0 aliphatic rings. The predicted molar refractivity (Wildman–Crippen MR) is 88.0 cm³/mol. The number of carbonyl (C=O) groups is 2. The van der Waals surface area contributed by atoms with Gasteiger partial charge in [0.05, 0.1) is 12.2 Å². The summed E-state index contributed by atoms with van der Waals surface area (Å²) in [6.45, 7) is 2.30. The highest BCUT2D eigenvalue weighted by Crippen LogP contribution is 2.23. The van der Waals surface area contributed by atoms with Crippen LogP contribution in [0.1, 0.15) is 22.8 Å². The Labute approximate surface area is 138 Å². The van der Waals surface area contributed by atoms with E-state index >= 15 is 0 Å². The van der Waals surface area contributed by atoms with Gasteiger partial charge in [0, 0.05) is 30.4 Å². The molecule has 0 aliphatic heterocycles. The van der Waals surface area contributed by atoms with Crippen LogP contribution in [-0.2, 0) is 11.3 Å². The van der Waals surface area contributed by atoms with Crippen molar-refractivity contribution < 1.29 is 24.5 Å². The smallest absolute Gasteiger partial charge is 0.338 e. The molecule has 0 spiro atoms. The van der Waals surface area contributed by atoms with E-state index in [4.69, 9.17) is 4.74 Å². The molecule has 0 fully saturated rings. The molecule has 0 atom stereocenters. The number of hydrogen-bond donors (Lipinski definition) is 4. The quantitative estimate of drug-likeness (QED) is 0.630. The molecule has 2 rings (SSSR count). The van der Waals surface area contributed by atoms with Crippen LogP contribution in [0.15, 0.2) is 42.5 Å². The van der Waals surface area contributed by atoms with Crippen molar-refractivity contribution in [2.45, 2.75) is 13.5 Å². The Bertz CT molecular complexity index is 708. The Morgan fingerprint density at radius 3 is 2.25 bits per heavy atom. The van der Waals surface area contributed by atoms with Gasteiger partial charge in [-0.2, -0.15) is 0 Å². The van der Waals surface area contributed by atoms with Crippen molar-refractivity contribution in [1.29, 1.82) is 0 Å². The summed E-state index contributed by atoms with van der Waals surface area (Å²) >= 11 is 0. The van der Waals surface area contributed by atoms with Crippen molar-refractivity contribution >= 4 is 17.7 Å². The fraction of sp³-hybridized carbons (Fsp3) is 0.176. The van der Waals surface area contributed by atoms with Crippen molar-refractivity contribution in [1.82, 2.24) is 5.32 Å². The molecule has 0 heterocycles. The van der Waals surface area contributed by atoms with E-state index in [0.717, 1.165) is 11.6 Å². The number of carbonyl (C=O) groups excluding carboxylic acids is 2. The molecule has 24 heavy (non-hydrogen) atoms. The van der Waals surface area contributed by atoms with Gasteiger partial charge in [0.2, 0.25) is 0 Å². The Kier molecular flexibility index (Phi) is 5.62. The van der Waals surface area contributed by atoms with Crippen LogP contribution in [0, 0.1) is 0 Å². The van der Waals surface area contributed by atoms with Crippen LogP contribution in [0.2, 0.25) is 0 Å². The molecule has 0 saturated carbocycles. The summed E-state index contributed by atoms with van der Waals surface area (Å²) in [5, 5.41) is 23.8. The summed E-state index contributed by atoms with van der Waals surface area (Å²) in [4.78, 5) is 23.3. The highest BCUT2D eigenvalue weighted by Gasteiger charge is 2.07. The van der Waals surface area contributed by atoms with Crippen LogP contribution in [0.3, 0.4) is 0 Å². The molecule has 0 unspecified atom stereocenters. The standard InChI is InChI=1S/C17H18N2O5/c1-2-24-16(22)12-5-3-11(4-6-12)10-18-17(23)19-13-7-14(20)9-15(21)8-13/h3-9,20-21H,2,10H2,1H3,(H2,18,19,23). The molecule has 0 radical (unpaired) electrons. The number of rotatable bonds is 5. The van der Waals surface area contributed by atoms with Crippen LogP contribution in [0.5, 0.6) is 11.5 Å². The molecule has 0 aromatic heterocycles. The highest BCUT2D eigenvalue weighted by molar-refractivity contribution is 5.90. The summed E-state index contributed by atoms with van der Waals surface area (Å²) in [5.41, 5.74) is 1.51. The van der Waals surface area contributed by atoms with E-state index in [1.807, 2.05) is 0 Å². The maximum atomic E-state index is 11.8. The van der Waals surface area contributed by atoms with Crippen molar-refractivity contribution in [2.75, 3.05) is 11.9 Å². The molecule has 7 nitrogen and oxygen atoms in total. The number of hydrogen-bond acceptors (Lipinski definition) is 5. The van der Waals surface area contributed by atoms with Gasteiger partial charge in [-0.3, -0.25) is 0 Å². The molecule has 0 aliphatic carbocycles. The SMILES string of the molecule is CCOC(=O)c1ccc(CNC(=O)Nc2cc(O)cc(O)c2)cc1. The Balaban J connectivity index is 1.88. The van der Waals surface area contributed by atoms with Crippen LogP contribution in [-0.4, -0.2) is 28.8 Å². The minimum atomic E-state index is -0.491. The van der Waals surface area contributed by atoms with E-state index in [9.17, 15) is 19.8 Å². The maximum absolute atomic E-state index is 11.8. The van der Waals surface area contributed by atoms with Crippen molar-refractivity contribution in [2.24, 2.45) is 0 Å². The van der Waals surface area contributed by atoms with E-state index in [0.29, 0.717) is 12.2 Å². The second-order valence-electron chi connectivity index (χ2n) is 4.96. The van der Waals surface area contributed by atoms with Gasteiger partial charge < -0.3 is 25.6 Å². The third-order valence-electron chi connectivity index (χ3n) is 3.08. The summed E-state index contributed by atoms with van der Waals surface area (Å²) in [6.07, 6.45) is 0. The van der Waals surface area contributed by atoms with E-state index in [1.165, 1.54) is 12.1 Å². The molecule has 2 amide bonds. The van der Waals surface area contributed by atoms with E-state index < -0.39 is 12.0 Å². The normalized spacial score (nSPS) is 10.0. The highest BCUT2D eigenvalue weighted by atomic mass is 16.5. The number of ether oxygens (including phenoxy) is 1. The first-order valence-electron chi connectivity index (χ1n) is 7.32. The molecule has 0 saturated heterocycles. The number of nitrogens with one attached hydrogen (secondary N) is 2. The van der Waals surface area contributed by atoms with Gasteiger partial charge in [-0.05, 0) is 24.6 Å². The average molecular weight is 330 g/mol. The summed E-state index contributed by atoms with van der Waals surface area (Å²) in [7, 11) is 0. The van der Waals surface area contributed by atoms with Gasteiger partial charge in [-0.25, -0.2) is 9.59 Å². The number of benzene rings is 2. The number of phenols is 2. The number of amides is 2. The average Bonchev–Trinajstić information content (AvgIpc) is 2.52. The van der Waals surface area contributed by atoms with E-state index in [-0.39, 0.29) is 23.7 Å². The minimum Gasteiger partial charge on any atom is -0.508 e. The first kappa shape index (κ1) is 17.1. The lowest BCUT2D eigenvalue weighted by Crippen LogP contribution is -2.28. The largest absolute Gasteiger partial charge is 0.508 e. The number of phenolic OH excluding ortho intramolecular Hbond substituents is 2. The number of aromatic hydroxyl groups is 2. The zero-order valence-electron chi connectivity index (χ0n) is 13.1. The molecular formula is C17H18N2O5. The maximum Gasteiger partial charge on any atom is 0.338 e. The van der Waals surface area contributed by atoms with Crippen LogP contribution in [0.25, 0.3) is 0 Å². The molecule has 126 valence electrons. The molecule has 7 heteroatoms. The number of esters is 1. The van der Waals surface area contributed by atoms with Crippen LogP contribution in [0.4, 0.5) is 10.5 Å². The van der Waals surface area contributed by atoms with Crippen molar-refractivity contribution in [3.8, 4) is 11.5 Å². The molecule has 4 N–H and O–H groups in total. The zero-order chi connectivity index (χ0) is 17.5. The summed E-state index contributed by atoms with van der Waals surface area (Å²) < 4.78 is 4.89. The second kappa shape index (κ2) is 7.87. The van der Waals surface area contributed by atoms with E-state index in [1.54, 1.807) is 31.2 Å². The van der Waals surface area contributed by atoms with Crippen molar-refractivity contribution in [3.05, 3.63) is 53.6 Å². The van der Waals surface area contributed by atoms with Crippen LogP contribution < -0.4 is 10.6 Å².